The van der Waals surface area contributed by atoms with E-state index in [2.05, 4.69) is 31.2 Å². The highest BCUT2D eigenvalue weighted by Crippen LogP contribution is 2.34. The van der Waals surface area contributed by atoms with Crippen molar-refractivity contribution in [1.29, 1.82) is 0 Å². The second kappa shape index (κ2) is 7.50. The lowest BCUT2D eigenvalue weighted by molar-refractivity contribution is -0.123. The van der Waals surface area contributed by atoms with Gasteiger partial charge in [-0.2, -0.15) is 0 Å². The lowest BCUT2D eigenvalue weighted by atomic mass is 10.2. The van der Waals surface area contributed by atoms with E-state index in [0.717, 1.165) is 22.2 Å². The van der Waals surface area contributed by atoms with Crippen molar-refractivity contribution in [2.45, 2.75) is 36.6 Å². The average molecular weight is 370 g/mol. The first-order chi connectivity index (χ1) is 11.9. The second-order valence-corrected chi connectivity index (χ2v) is 8.27. The number of thioether (sulfide) groups is 1. The van der Waals surface area contributed by atoms with Crippen LogP contribution in [0.5, 0.6) is 0 Å². The van der Waals surface area contributed by atoms with Crippen LogP contribution >= 0.6 is 23.5 Å². The number of hydrogen-bond acceptors (Lipinski definition) is 4. The molecule has 0 unspecified atom stereocenters. The summed E-state index contributed by atoms with van der Waals surface area (Å²) >= 11 is 2.70. The predicted octanol–water partition coefficient (Wildman–Crippen LogP) is 5.59. The Bertz CT molecular complexity index is 824. The zero-order valence-electron chi connectivity index (χ0n) is 14.4. The molecule has 128 valence electrons. The first kappa shape index (κ1) is 17.8. The molecule has 0 atom stereocenters. The minimum atomic E-state index is -0.205. The fourth-order valence-electron chi connectivity index (χ4n) is 2.45. The van der Waals surface area contributed by atoms with Crippen LogP contribution in [0, 0.1) is 6.92 Å². The number of amides is 2. The van der Waals surface area contributed by atoms with Gasteiger partial charge in [0, 0.05) is 15.8 Å². The third-order valence-corrected chi connectivity index (χ3v) is 5.67. The quantitative estimate of drug-likeness (QED) is 0.658. The summed E-state index contributed by atoms with van der Waals surface area (Å²) in [4.78, 5) is 28.4. The summed E-state index contributed by atoms with van der Waals surface area (Å²) in [6, 6.07) is 16.3. The molecule has 0 saturated carbocycles. The summed E-state index contributed by atoms with van der Waals surface area (Å²) in [5.74, 6) is -0.205. The van der Waals surface area contributed by atoms with Crippen LogP contribution in [-0.2, 0) is 4.79 Å². The highest BCUT2D eigenvalue weighted by Gasteiger charge is 2.36. The van der Waals surface area contributed by atoms with Gasteiger partial charge in [0.15, 0.2) is 0 Å². The van der Waals surface area contributed by atoms with E-state index in [1.165, 1.54) is 15.4 Å². The van der Waals surface area contributed by atoms with E-state index in [4.69, 9.17) is 0 Å². The Morgan fingerprint density at radius 2 is 1.52 bits per heavy atom. The second-order valence-electron chi connectivity index (χ2n) is 6.13. The standard InChI is InChI=1S/C20H19NO2S2/c1-13(2)21-19(22)18(25-20(21)23)12-15-6-10-17(11-7-15)24-16-8-4-14(3)5-9-16/h4-13H,1-3H3/b18-12-. The zero-order chi connectivity index (χ0) is 18.0. The minimum absolute atomic E-state index is 0.119. The zero-order valence-corrected chi connectivity index (χ0v) is 16.0. The van der Waals surface area contributed by atoms with E-state index < -0.39 is 0 Å². The molecule has 0 aliphatic carbocycles. The van der Waals surface area contributed by atoms with Crippen LogP contribution in [0.1, 0.15) is 25.0 Å². The van der Waals surface area contributed by atoms with Crippen LogP contribution in [0.3, 0.4) is 0 Å². The maximum atomic E-state index is 12.3. The maximum absolute atomic E-state index is 12.3. The Kier molecular flexibility index (Phi) is 5.35. The molecule has 0 spiro atoms. The van der Waals surface area contributed by atoms with Crippen molar-refractivity contribution in [2.24, 2.45) is 0 Å². The SMILES string of the molecule is Cc1ccc(Sc2ccc(/C=C3\SC(=O)N(C(C)C)C3=O)cc2)cc1. The highest BCUT2D eigenvalue weighted by molar-refractivity contribution is 8.18. The molecular weight excluding hydrogens is 350 g/mol. The molecule has 5 heteroatoms. The number of hydrogen-bond donors (Lipinski definition) is 0. The largest absolute Gasteiger partial charge is 0.293 e. The number of carbonyl (C=O) groups is 2. The summed E-state index contributed by atoms with van der Waals surface area (Å²) in [6.07, 6.45) is 1.79. The monoisotopic (exact) mass is 369 g/mol. The summed E-state index contributed by atoms with van der Waals surface area (Å²) < 4.78 is 0. The van der Waals surface area contributed by atoms with Crippen molar-refractivity contribution in [3.05, 3.63) is 64.6 Å². The van der Waals surface area contributed by atoms with Crippen LogP contribution in [0.4, 0.5) is 4.79 Å². The van der Waals surface area contributed by atoms with Gasteiger partial charge in [-0.05, 0) is 68.4 Å². The van der Waals surface area contributed by atoms with Gasteiger partial charge < -0.3 is 0 Å². The molecule has 0 aromatic heterocycles. The predicted molar refractivity (Wildman–Crippen MR) is 105 cm³/mol. The number of imide groups is 1. The minimum Gasteiger partial charge on any atom is -0.268 e. The molecule has 3 nitrogen and oxygen atoms in total. The molecule has 1 aliphatic heterocycles. The van der Waals surface area contributed by atoms with Gasteiger partial charge in [-0.15, -0.1) is 0 Å². The summed E-state index contributed by atoms with van der Waals surface area (Å²) in [5, 5.41) is -0.196. The number of rotatable bonds is 4. The van der Waals surface area contributed by atoms with Gasteiger partial charge >= 0.3 is 0 Å². The van der Waals surface area contributed by atoms with Crippen LogP contribution in [0.15, 0.2) is 63.2 Å². The van der Waals surface area contributed by atoms with Crippen LogP contribution in [-0.4, -0.2) is 22.1 Å². The van der Waals surface area contributed by atoms with Crippen molar-refractivity contribution in [3.8, 4) is 0 Å². The van der Waals surface area contributed by atoms with Crippen molar-refractivity contribution < 1.29 is 9.59 Å². The van der Waals surface area contributed by atoms with Gasteiger partial charge in [-0.1, -0.05) is 41.6 Å². The molecule has 0 bridgehead atoms. The molecule has 1 heterocycles. The van der Waals surface area contributed by atoms with Gasteiger partial charge in [-0.3, -0.25) is 14.5 Å². The first-order valence-electron chi connectivity index (χ1n) is 8.05. The van der Waals surface area contributed by atoms with Crippen LogP contribution < -0.4 is 0 Å². The highest BCUT2D eigenvalue weighted by atomic mass is 32.2. The van der Waals surface area contributed by atoms with Gasteiger partial charge in [0.25, 0.3) is 11.1 Å². The van der Waals surface area contributed by atoms with Gasteiger partial charge in [0.2, 0.25) is 0 Å². The molecule has 0 radical (unpaired) electrons. The van der Waals surface area contributed by atoms with E-state index in [-0.39, 0.29) is 17.2 Å². The average Bonchev–Trinajstić information content (AvgIpc) is 2.85. The van der Waals surface area contributed by atoms with E-state index in [0.29, 0.717) is 4.91 Å². The normalized spacial score (nSPS) is 16.3. The van der Waals surface area contributed by atoms with E-state index in [1.54, 1.807) is 17.8 Å². The lowest BCUT2D eigenvalue weighted by Crippen LogP contribution is -2.34. The smallest absolute Gasteiger partial charge is 0.268 e. The fourth-order valence-corrected chi connectivity index (χ4v) is 4.23. The van der Waals surface area contributed by atoms with E-state index in [9.17, 15) is 9.59 Å². The third kappa shape index (κ3) is 4.17. The molecule has 3 rings (SSSR count). The van der Waals surface area contributed by atoms with Crippen molar-refractivity contribution in [2.75, 3.05) is 0 Å². The summed E-state index contributed by atoms with van der Waals surface area (Å²) in [6.45, 7) is 5.76. The van der Waals surface area contributed by atoms with Crippen LogP contribution in [0.2, 0.25) is 0 Å². The summed E-state index contributed by atoms with van der Waals surface area (Å²) in [7, 11) is 0. The molecule has 1 saturated heterocycles. The molecule has 2 aromatic rings. The molecular formula is C20H19NO2S2. The van der Waals surface area contributed by atoms with Crippen molar-refractivity contribution in [3.63, 3.8) is 0 Å². The Labute approximate surface area is 156 Å². The number of nitrogens with zero attached hydrogens (tertiary/aromatic N) is 1. The fraction of sp³-hybridized carbons (Fsp3) is 0.200. The Morgan fingerprint density at radius 3 is 2.04 bits per heavy atom. The van der Waals surface area contributed by atoms with E-state index >= 15 is 0 Å². The Hall–Kier alpha value is -1.98. The lowest BCUT2D eigenvalue weighted by Gasteiger charge is -2.16. The molecule has 1 fully saturated rings. The third-order valence-electron chi connectivity index (χ3n) is 3.77. The van der Waals surface area contributed by atoms with E-state index in [1.807, 2.05) is 38.1 Å². The first-order valence-corrected chi connectivity index (χ1v) is 9.69. The van der Waals surface area contributed by atoms with Crippen LogP contribution in [0.25, 0.3) is 6.08 Å². The van der Waals surface area contributed by atoms with Gasteiger partial charge in [0.1, 0.15) is 0 Å². The molecule has 25 heavy (non-hydrogen) atoms. The molecule has 2 amide bonds. The summed E-state index contributed by atoms with van der Waals surface area (Å²) in [5.41, 5.74) is 2.16. The Balaban J connectivity index is 1.73. The molecule has 2 aromatic carbocycles. The van der Waals surface area contributed by atoms with Crippen molar-refractivity contribution >= 4 is 40.7 Å². The Morgan fingerprint density at radius 1 is 0.960 bits per heavy atom. The number of benzene rings is 2. The topological polar surface area (TPSA) is 37.4 Å². The number of aryl methyl sites for hydroxylation is 1. The maximum Gasteiger partial charge on any atom is 0.293 e. The number of carbonyl (C=O) groups excluding carboxylic acids is 2. The van der Waals surface area contributed by atoms with Gasteiger partial charge in [-0.25, -0.2) is 0 Å². The van der Waals surface area contributed by atoms with Crippen molar-refractivity contribution in [1.82, 2.24) is 4.90 Å². The van der Waals surface area contributed by atoms with Gasteiger partial charge in [0.05, 0.1) is 4.91 Å². The molecule has 1 aliphatic rings. The molecule has 0 N–H and O–H groups in total.